The third-order valence-electron chi connectivity index (χ3n) is 6.92. The number of unbranched alkanes of at least 4 members (excludes halogenated alkanes) is 5. The maximum absolute atomic E-state index is 12.6. The zero-order valence-electron chi connectivity index (χ0n) is 22.2. The second kappa shape index (κ2) is 13.6. The summed E-state index contributed by atoms with van der Waals surface area (Å²) in [5.41, 5.74) is 4.67. The number of hydrogen-bond donors (Lipinski definition) is 2. The number of aliphatic carboxylic acids is 1. The summed E-state index contributed by atoms with van der Waals surface area (Å²) in [5, 5.41) is 12.1. The summed E-state index contributed by atoms with van der Waals surface area (Å²) >= 11 is 0. The Balaban J connectivity index is 1.27. The van der Waals surface area contributed by atoms with Crippen LogP contribution < -0.4 is 5.32 Å². The molecule has 1 aliphatic rings. The largest absolute Gasteiger partial charge is 0.480 e. The Hall–Kier alpha value is -4.14. The molecule has 1 unspecified atom stereocenters. The van der Waals surface area contributed by atoms with Crippen LogP contribution in [0.15, 0.2) is 61.1 Å². The van der Waals surface area contributed by atoms with E-state index in [1.807, 2.05) is 48.5 Å². The summed E-state index contributed by atoms with van der Waals surface area (Å²) in [7, 11) is 0. The topological polar surface area (TPSA) is 120 Å². The van der Waals surface area contributed by atoms with E-state index in [0.717, 1.165) is 41.5 Å². The number of amides is 1. The number of benzene rings is 2. The number of aromatic nitrogens is 2. The molecule has 0 saturated heterocycles. The SMILES string of the molecule is CCCCCCCCOC(=O)n1cnc(CC(NC(=O)OCC2c3ccccc3-c3ccccc32)C(=O)O)c1. The highest BCUT2D eigenvalue weighted by molar-refractivity contribution is 5.81. The molecule has 4 rings (SSSR count). The van der Waals surface area contributed by atoms with Gasteiger partial charge in [-0.25, -0.2) is 23.9 Å². The zero-order valence-corrected chi connectivity index (χ0v) is 22.2. The minimum Gasteiger partial charge on any atom is -0.480 e. The quantitative estimate of drug-likeness (QED) is 0.268. The number of ether oxygens (including phenoxy) is 2. The van der Waals surface area contributed by atoms with E-state index in [1.165, 1.54) is 36.4 Å². The molecule has 9 heteroatoms. The fourth-order valence-electron chi connectivity index (χ4n) is 4.88. The van der Waals surface area contributed by atoms with E-state index in [9.17, 15) is 19.5 Å². The van der Waals surface area contributed by atoms with Gasteiger partial charge in [0.15, 0.2) is 0 Å². The van der Waals surface area contributed by atoms with Gasteiger partial charge in [-0.2, -0.15) is 0 Å². The Kier molecular flexibility index (Phi) is 9.72. The lowest BCUT2D eigenvalue weighted by Crippen LogP contribution is -2.43. The number of carboxylic acid groups (broad SMARTS) is 1. The molecule has 0 fully saturated rings. The van der Waals surface area contributed by atoms with E-state index in [0.29, 0.717) is 12.3 Å². The van der Waals surface area contributed by atoms with Gasteiger partial charge in [0.05, 0.1) is 12.3 Å². The van der Waals surface area contributed by atoms with Gasteiger partial charge in [-0.1, -0.05) is 87.6 Å². The number of carbonyl (C=O) groups excluding carboxylic acids is 2. The number of alkyl carbamates (subject to hydrolysis) is 1. The number of hydrogen-bond acceptors (Lipinski definition) is 6. The predicted molar refractivity (Wildman–Crippen MR) is 146 cm³/mol. The smallest absolute Gasteiger partial charge is 0.419 e. The van der Waals surface area contributed by atoms with Gasteiger partial charge in [0.25, 0.3) is 0 Å². The molecule has 1 aliphatic carbocycles. The molecule has 0 saturated carbocycles. The van der Waals surface area contributed by atoms with Gasteiger partial charge in [-0.05, 0) is 28.7 Å². The molecule has 0 spiro atoms. The average molecular weight is 534 g/mol. The number of imidazole rings is 1. The van der Waals surface area contributed by atoms with Crippen molar-refractivity contribution in [3.8, 4) is 11.1 Å². The molecule has 3 aromatic rings. The Morgan fingerprint density at radius 1 is 0.949 bits per heavy atom. The van der Waals surface area contributed by atoms with Gasteiger partial charge in [-0.15, -0.1) is 0 Å². The van der Waals surface area contributed by atoms with Crippen LogP contribution in [0.4, 0.5) is 9.59 Å². The summed E-state index contributed by atoms with van der Waals surface area (Å²) < 4.78 is 11.9. The fraction of sp³-hybridized carbons (Fsp3) is 0.400. The van der Waals surface area contributed by atoms with Gasteiger partial charge in [0.1, 0.15) is 19.0 Å². The van der Waals surface area contributed by atoms with Crippen LogP contribution in [0.3, 0.4) is 0 Å². The normalized spacial score (nSPS) is 12.8. The maximum Gasteiger partial charge on any atom is 0.419 e. The summed E-state index contributed by atoms with van der Waals surface area (Å²) in [6.07, 6.45) is 7.68. The summed E-state index contributed by atoms with van der Waals surface area (Å²) in [6, 6.07) is 14.7. The van der Waals surface area contributed by atoms with Crippen molar-refractivity contribution in [3.63, 3.8) is 0 Å². The fourth-order valence-corrected chi connectivity index (χ4v) is 4.88. The van der Waals surface area contributed by atoms with Crippen molar-refractivity contribution in [2.75, 3.05) is 13.2 Å². The number of rotatable bonds is 13. The van der Waals surface area contributed by atoms with E-state index >= 15 is 0 Å². The van der Waals surface area contributed by atoms with E-state index in [2.05, 4.69) is 17.2 Å². The van der Waals surface area contributed by atoms with Gasteiger partial charge >= 0.3 is 18.2 Å². The molecule has 1 heterocycles. The lowest BCUT2D eigenvalue weighted by Gasteiger charge is -2.17. The molecule has 2 N–H and O–H groups in total. The Bertz CT molecular complexity index is 1240. The maximum atomic E-state index is 12.6. The van der Waals surface area contributed by atoms with E-state index in [1.54, 1.807) is 0 Å². The van der Waals surface area contributed by atoms with E-state index in [-0.39, 0.29) is 18.9 Å². The van der Waals surface area contributed by atoms with Crippen LogP contribution in [0.1, 0.15) is 68.2 Å². The molecule has 39 heavy (non-hydrogen) atoms. The van der Waals surface area contributed by atoms with E-state index in [4.69, 9.17) is 9.47 Å². The molecule has 1 atom stereocenters. The molecular weight excluding hydrogens is 498 g/mol. The summed E-state index contributed by atoms with van der Waals surface area (Å²) in [6.45, 7) is 2.56. The van der Waals surface area contributed by atoms with Gasteiger partial charge in [0.2, 0.25) is 0 Å². The van der Waals surface area contributed by atoms with Crippen LogP contribution in [0.25, 0.3) is 11.1 Å². The zero-order chi connectivity index (χ0) is 27.6. The lowest BCUT2D eigenvalue weighted by atomic mass is 9.98. The van der Waals surface area contributed by atoms with Crippen LogP contribution in [0, 0.1) is 0 Å². The lowest BCUT2D eigenvalue weighted by molar-refractivity contribution is -0.139. The highest BCUT2D eigenvalue weighted by atomic mass is 16.6. The molecule has 1 aromatic heterocycles. The van der Waals surface area contributed by atoms with E-state index < -0.39 is 24.2 Å². The molecule has 0 radical (unpaired) electrons. The number of carbonyl (C=O) groups is 3. The van der Waals surface area contributed by atoms with Crippen molar-refractivity contribution in [3.05, 3.63) is 77.9 Å². The number of nitrogens with one attached hydrogen (secondary N) is 1. The van der Waals surface area contributed by atoms with Crippen LogP contribution in [-0.2, 0) is 20.7 Å². The van der Waals surface area contributed by atoms with Crippen molar-refractivity contribution in [1.29, 1.82) is 0 Å². The number of fused-ring (bicyclic) bond motifs is 3. The molecule has 0 aliphatic heterocycles. The molecule has 0 bridgehead atoms. The monoisotopic (exact) mass is 533 g/mol. The Morgan fingerprint density at radius 3 is 2.26 bits per heavy atom. The van der Waals surface area contributed by atoms with Crippen molar-refractivity contribution >= 4 is 18.2 Å². The highest BCUT2D eigenvalue weighted by Crippen LogP contribution is 2.44. The predicted octanol–water partition coefficient (Wildman–Crippen LogP) is 5.76. The van der Waals surface area contributed by atoms with Crippen molar-refractivity contribution in [2.45, 2.75) is 63.8 Å². The van der Waals surface area contributed by atoms with Crippen LogP contribution in [0.5, 0.6) is 0 Å². The standard InChI is InChI=1S/C30H35N3O6/c1-2-3-4-5-6-11-16-38-30(37)33-18-21(31-20-33)17-27(28(34)35)32-29(36)39-19-26-24-14-9-7-12-22(24)23-13-8-10-15-25(23)26/h7-10,12-15,18,20,26-27H,2-6,11,16-17,19H2,1H3,(H,32,36)(H,34,35). The van der Waals surface area contributed by atoms with Crippen molar-refractivity contribution in [2.24, 2.45) is 0 Å². The molecule has 9 nitrogen and oxygen atoms in total. The second-order valence-corrected chi connectivity index (χ2v) is 9.72. The highest BCUT2D eigenvalue weighted by Gasteiger charge is 2.30. The van der Waals surface area contributed by atoms with Crippen LogP contribution in [-0.4, -0.2) is 52.1 Å². The molecular formula is C30H35N3O6. The third-order valence-corrected chi connectivity index (χ3v) is 6.92. The summed E-state index contributed by atoms with van der Waals surface area (Å²) in [4.78, 5) is 40.8. The minimum absolute atomic E-state index is 0.0747. The van der Waals surface area contributed by atoms with Crippen molar-refractivity contribution in [1.82, 2.24) is 14.9 Å². The molecule has 206 valence electrons. The first-order valence-electron chi connectivity index (χ1n) is 13.5. The first kappa shape index (κ1) is 27.9. The van der Waals surface area contributed by atoms with Crippen molar-refractivity contribution < 1.29 is 29.0 Å². The minimum atomic E-state index is -1.27. The third kappa shape index (κ3) is 7.25. The van der Waals surface area contributed by atoms with Gasteiger partial charge in [0, 0.05) is 18.5 Å². The molecule has 1 amide bonds. The Morgan fingerprint density at radius 2 is 1.59 bits per heavy atom. The van der Waals surface area contributed by atoms with Crippen LogP contribution in [0.2, 0.25) is 0 Å². The second-order valence-electron chi connectivity index (χ2n) is 9.72. The molecule has 2 aromatic carbocycles. The van der Waals surface area contributed by atoms with Gasteiger partial charge in [-0.3, -0.25) is 0 Å². The first-order chi connectivity index (χ1) is 19.0. The average Bonchev–Trinajstić information content (AvgIpc) is 3.54. The number of nitrogens with zero attached hydrogens (tertiary/aromatic N) is 2. The van der Waals surface area contributed by atoms with Crippen LogP contribution >= 0.6 is 0 Å². The van der Waals surface area contributed by atoms with Gasteiger partial charge < -0.3 is 19.9 Å². The number of carboxylic acids is 1. The summed E-state index contributed by atoms with van der Waals surface area (Å²) in [5.74, 6) is -1.37. The first-order valence-corrected chi connectivity index (χ1v) is 13.5. The Labute approximate surface area is 228 Å².